The molecule has 0 fully saturated rings. The van der Waals surface area contributed by atoms with Crippen LogP contribution < -0.4 is 20.5 Å². The number of allylic oxidation sites excluding steroid dienone is 5. The number of carbonyl (C=O) groups is 3. The number of nitrogens with two attached hydrogens (primary N) is 1. The van der Waals surface area contributed by atoms with Gasteiger partial charge in [0.25, 0.3) is 5.91 Å². The zero-order valence-corrected chi connectivity index (χ0v) is 30.0. The van der Waals surface area contributed by atoms with Gasteiger partial charge < -0.3 is 35.3 Å². The highest BCUT2D eigenvalue weighted by molar-refractivity contribution is 5.98. The minimum Gasteiger partial charge on any atom is -0.508 e. The SMILES string of the molecule is C=C/C=C(\C(C)=C(\C)N)c1ccc(C[C@H](NC(=O)[C@@H]2Cc3cc4c(cc3CN2C(=O)c2ccccc2)O[C@@H](c2ccc(O)cc2)CO4)C(=O)OC)cc1. The standard InChI is InChI=1S/C43H43N3O7/c1-5-9-35(26(2)27(3)44)29-14-12-28(13-15-29)20-36(43(50)51-4)45-41(48)37-21-32-22-38-39(53-40(25-52-38)30-16-18-34(47)19-17-30)23-33(32)24-46(37)42(49)31-10-7-6-8-11-31/h5-19,22-23,36-37,40,47H,1,20-21,24-25,44H2,2-4H3,(H,45,48)/b27-26-,35-9+/t36-,37-,40+/m0/s1. The maximum Gasteiger partial charge on any atom is 0.328 e. The first kappa shape index (κ1) is 36.5. The molecule has 4 aromatic rings. The van der Waals surface area contributed by atoms with E-state index in [1.54, 1.807) is 54.6 Å². The third-order valence-electron chi connectivity index (χ3n) is 9.69. The minimum absolute atomic E-state index is 0.128. The summed E-state index contributed by atoms with van der Waals surface area (Å²) in [5.74, 6) is -0.187. The van der Waals surface area contributed by atoms with E-state index < -0.39 is 30.1 Å². The molecular weight excluding hydrogens is 670 g/mol. The molecule has 4 N–H and O–H groups in total. The van der Waals surface area contributed by atoms with Crippen LogP contribution in [0.3, 0.4) is 0 Å². The summed E-state index contributed by atoms with van der Waals surface area (Å²) in [7, 11) is 1.28. The first-order valence-corrected chi connectivity index (χ1v) is 17.4. The Balaban J connectivity index is 1.26. The molecule has 2 aliphatic rings. The van der Waals surface area contributed by atoms with Crippen molar-refractivity contribution in [1.29, 1.82) is 0 Å². The fraction of sp³-hybridized carbons (Fsp3) is 0.233. The van der Waals surface area contributed by atoms with Crippen molar-refractivity contribution in [3.05, 3.63) is 154 Å². The lowest BCUT2D eigenvalue weighted by atomic mass is 9.91. The smallest absolute Gasteiger partial charge is 0.328 e. The third kappa shape index (κ3) is 8.12. The quantitative estimate of drug-likeness (QED) is 0.131. The molecule has 272 valence electrons. The van der Waals surface area contributed by atoms with Gasteiger partial charge in [-0.15, -0.1) is 0 Å². The van der Waals surface area contributed by atoms with Crippen molar-refractivity contribution >= 4 is 23.4 Å². The largest absolute Gasteiger partial charge is 0.508 e. The number of carbonyl (C=O) groups excluding carboxylic acids is 3. The highest BCUT2D eigenvalue weighted by Gasteiger charge is 2.38. The van der Waals surface area contributed by atoms with Crippen LogP contribution in [-0.4, -0.2) is 53.6 Å². The summed E-state index contributed by atoms with van der Waals surface area (Å²) in [5, 5.41) is 12.6. The Kier molecular flexibility index (Phi) is 11.0. The number of phenolic OH excluding ortho intramolecular Hbond substituents is 1. The molecule has 0 aliphatic carbocycles. The van der Waals surface area contributed by atoms with Gasteiger partial charge in [0.1, 0.15) is 24.4 Å². The van der Waals surface area contributed by atoms with E-state index in [0.717, 1.165) is 39.0 Å². The molecule has 6 rings (SSSR count). The van der Waals surface area contributed by atoms with E-state index in [1.807, 2.05) is 62.4 Å². The number of hydrogen-bond acceptors (Lipinski definition) is 8. The van der Waals surface area contributed by atoms with Gasteiger partial charge in [-0.05, 0) is 89.2 Å². The maximum atomic E-state index is 14.2. The molecule has 0 aromatic heterocycles. The van der Waals surface area contributed by atoms with Crippen LogP contribution in [-0.2, 0) is 33.7 Å². The van der Waals surface area contributed by atoms with Crippen molar-refractivity contribution in [3.63, 3.8) is 0 Å². The predicted octanol–water partition coefficient (Wildman–Crippen LogP) is 6.19. The summed E-state index contributed by atoms with van der Waals surface area (Å²) in [6, 6.07) is 25.0. The van der Waals surface area contributed by atoms with Crippen LogP contribution in [0.25, 0.3) is 5.57 Å². The van der Waals surface area contributed by atoms with Crippen molar-refractivity contribution in [2.45, 2.75) is 51.4 Å². The van der Waals surface area contributed by atoms with Crippen LogP contribution >= 0.6 is 0 Å². The highest BCUT2D eigenvalue weighted by atomic mass is 16.6. The molecule has 3 atom stereocenters. The van der Waals surface area contributed by atoms with Gasteiger partial charge >= 0.3 is 5.97 Å². The van der Waals surface area contributed by atoms with Gasteiger partial charge in [-0.25, -0.2) is 4.79 Å². The Labute approximate surface area is 309 Å². The van der Waals surface area contributed by atoms with Gasteiger partial charge in [0.05, 0.1) is 7.11 Å². The van der Waals surface area contributed by atoms with Crippen LogP contribution in [0.1, 0.15) is 58.1 Å². The molecule has 2 amide bonds. The molecule has 2 heterocycles. The minimum atomic E-state index is -1.01. The van der Waals surface area contributed by atoms with E-state index in [9.17, 15) is 19.5 Å². The van der Waals surface area contributed by atoms with Crippen LogP contribution in [0.2, 0.25) is 0 Å². The average molecular weight is 714 g/mol. The number of methoxy groups -OCH3 is 1. The van der Waals surface area contributed by atoms with Crippen molar-refractivity contribution < 1.29 is 33.7 Å². The molecule has 0 saturated heterocycles. The first-order chi connectivity index (χ1) is 25.6. The fourth-order valence-electron chi connectivity index (χ4n) is 6.63. The third-order valence-corrected chi connectivity index (χ3v) is 9.69. The topological polar surface area (TPSA) is 140 Å². The number of rotatable bonds is 10. The second kappa shape index (κ2) is 15.9. The zero-order valence-electron chi connectivity index (χ0n) is 30.0. The number of nitrogens with zero attached hydrogens (tertiary/aromatic N) is 1. The number of amides is 2. The van der Waals surface area contributed by atoms with E-state index in [2.05, 4.69) is 11.9 Å². The Hall–Kier alpha value is -6.29. The number of esters is 1. The predicted molar refractivity (Wildman–Crippen MR) is 202 cm³/mol. The lowest BCUT2D eigenvalue weighted by Crippen LogP contribution is -2.56. The van der Waals surface area contributed by atoms with Crippen molar-refractivity contribution in [2.75, 3.05) is 13.7 Å². The second-order valence-corrected chi connectivity index (χ2v) is 13.2. The van der Waals surface area contributed by atoms with E-state index >= 15 is 0 Å². The Morgan fingerprint density at radius 3 is 2.34 bits per heavy atom. The number of phenols is 1. The van der Waals surface area contributed by atoms with Gasteiger partial charge in [-0.3, -0.25) is 9.59 Å². The lowest BCUT2D eigenvalue weighted by Gasteiger charge is -2.37. The molecule has 10 heteroatoms. The first-order valence-electron chi connectivity index (χ1n) is 17.4. The van der Waals surface area contributed by atoms with Crippen molar-refractivity contribution in [1.82, 2.24) is 10.2 Å². The van der Waals surface area contributed by atoms with Crippen LogP contribution in [0.5, 0.6) is 17.2 Å². The number of fused-ring (bicyclic) bond motifs is 2. The second-order valence-electron chi connectivity index (χ2n) is 13.2. The van der Waals surface area contributed by atoms with E-state index in [0.29, 0.717) is 22.8 Å². The molecule has 10 nitrogen and oxygen atoms in total. The molecule has 53 heavy (non-hydrogen) atoms. The van der Waals surface area contributed by atoms with Gasteiger partial charge in [-0.2, -0.15) is 0 Å². The Morgan fingerprint density at radius 2 is 1.68 bits per heavy atom. The fourth-order valence-corrected chi connectivity index (χ4v) is 6.63. The van der Waals surface area contributed by atoms with Gasteiger partial charge in [0, 0.05) is 30.6 Å². The van der Waals surface area contributed by atoms with Crippen LogP contribution in [0, 0.1) is 0 Å². The van der Waals surface area contributed by atoms with Gasteiger partial charge in [-0.1, -0.05) is 73.3 Å². The molecule has 4 aromatic carbocycles. The Bertz CT molecular complexity index is 2070. The van der Waals surface area contributed by atoms with Crippen LogP contribution in [0.15, 0.2) is 121 Å². The normalized spacial score (nSPS) is 17.5. The molecule has 0 spiro atoms. The summed E-state index contributed by atoms with van der Waals surface area (Å²) in [4.78, 5) is 42.9. The van der Waals surface area contributed by atoms with Gasteiger partial charge in [0.2, 0.25) is 5.91 Å². The molecule has 0 unspecified atom stereocenters. The summed E-state index contributed by atoms with van der Waals surface area (Å²) >= 11 is 0. The van der Waals surface area contributed by atoms with E-state index in [4.69, 9.17) is 19.9 Å². The molecular formula is C43H43N3O7. The molecule has 0 bridgehead atoms. The summed E-state index contributed by atoms with van der Waals surface area (Å²) in [6.07, 6.45) is 3.57. The Morgan fingerprint density at radius 1 is 0.981 bits per heavy atom. The van der Waals surface area contributed by atoms with Crippen molar-refractivity contribution in [3.8, 4) is 17.2 Å². The lowest BCUT2D eigenvalue weighted by molar-refractivity contribution is -0.145. The summed E-state index contributed by atoms with van der Waals surface area (Å²) in [5.41, 5.74) is 13.3. The molecule has 2 aliphatic heterocycles. The molecule has 0 radical (unpaired) electrons. The van der Waals surface area contributed by atoms with Crippen LogP contribution in [0.4, 0.5) is 0 Å². The number of benzene rings is 4. The van der Waals surface area contributed by atoms with Crippen molar-refractivity contribution in [2.24, 2.45) is 5.73 Å². The van der Waals surface area contributed by atoms with Gasteiger partial charge in [0.15, 0.2) is 17.6 Å². The summed E-state index contributed by atoms with van der Waals surface area (Å²) in [6.45, 7) is 8.00. The monoisotopic (exact) mass is 713 g/mol. The zero-order chi connectivity index (χ0) is 37.6. The highest BCUT2D eigenvalue weighted by Crippen LogP contribution is 2.41. The average Bonchev–Trinajstić information content (AvgIpc) is 3.18. The summed E-state index contributed by atoms with van der Waals surface area (Å²) < 4.78 is 17.6. The number of hydrogen-bond donors (Lipinski definition) is 3. The number of ether oxygens (including phenoxy) is 3. The van der Waals surface area contributed by atoms with E-state index in [1.165, 1.54) is 12.0 Å². The maximum absolute atomic E-state index is 14.2. The number of aromatic hydroxyl groups is 1. The molecule has 0 saturated carbocycles. The van der Waals surface area contributed by atoms with E-state index in [-0.39, 0.29) is 37.6 Å². The number of nitrogens with one attached hydrogen (secondary N) is 1.